The number of ether oxygens (including phenoxy) is 1. The van der Waals surface area contributed by atoms with Crippen molar-refractivity contribution in [1.29, 1.82) is 0 Å². The van der Waals surface area contributed by atoms with Crippen LogP contribution in [0.1, 0.15) is 19.3 Å². The standard InChI is InChI=1S/C10H15BrO/c1-12-10-6-8-3-2-7(10)4-5-9(8)11/h2-3,7-10H,4-6H2,1H3/t7-,8-,9-,10?/m1/s1. The first-order valence-electron chi connectivity index (χ1n) is 4.66. The highest BCUT2D eigenvalue weighted by molar-refractivity contribution is 9.09. The van der Waals surface area contributed by atoms with E-state index in [4.69, 9.17) is 4.74 Å². The predicted molar refractivity (Wildman–Crippen MR) is 53.5 cm³/mol. The molecule has 1 nitrogen and oxygen atoms in total. The summed E-state index contributed by atoms with van der Waals surface area (Å²) >= 11 is 3.74. The first-order chi connectivity index (χ1) is 5.81. The fourth-order valence-corrected chi connectivity index (χ4v) is 2.97. The molecule has 0 spiro atoms. The molecule has 68 valence electrons. The molecular formula is C10H15BrO. The van der Waals surface area contributed by atoms with Crippen molar-refractivity contribution >= 4 is 15.9 Å². The molecule has 4 atom stereocenters. The van der Waals surface area contributed by atoms with Crippen LogP contribution in [0, 0.1) is 11.8 Å². The highest BCUT2D eigenvalue weighted by Gasteiger charge is 2.33. The van der Waals surface area contributed by atoms with Gasteiger partial charge in [-0.15, -0.1) is 0 Å². The fourth-order valence-electron chi connectivity index (χ4n) is 2.32. The summed E-state index contributed by atoms with van der Waals surface area (Å²) in [6.07, 6.45) is 8.97. The van der Waals surface area contributed by atoms with E-state index in [0.717, 1.165) is 0 Å². The molecule has 0 aromatic heterocycles. The number of hydrogen-bond donors (Lipinski definition) is 0. The summed E-state index contributed by atoms with van der Waals surface area (Å²) in [7, 11) is 1.84. The number of fused-ring (bicyclic) bond motifs is 3. The Kier molecular flexibility index (Phi) is 2.56. The first-order valence-corrected chi connectivity index (χ1v) is 5.58. The zero-order valence-corrected chi connectivity index (χ0v) is 8.96. The van der Waals surface area contributed by atoms with Crippen LogP contribution in [0.3, 0.4) is 0 Å². The predicted octanol–water partition coefficient (Wildman–Crippen LogP) is 2.75. The maximum Gasteiger partial charge on any atom is 0.0639 e. The van der Waals surface area contributed by atoms with Crippen molar-refractivity contribution in [3.63, 3.8) is 0 Å². The lowest BCUT2D eigenvalue weighted by molar-refractivity contribution is 0.0530. The molecule has 12 heavy (non-hydrogen) atoms. The molecule has 1 saturated carbocycles. The van der Waals surface area contributed by atoms with Crippen LogP contribution in [0.15, 0.2) is 12.2 Å². The van der Waals surface area contributed by atoms with Gasteiger partial charge in [0.25, 0.3) is 0 Å². The molecule has 2 bridgehead atoms. The number of rotatable bonds is 1. The smallest absolute Gasteiger partial charge is 0.0639 e. The second kappa shape index (κ2) is 3.51. The van der Waals surface area contributed by atoms with E-state index < -0.39 is 0 Å². The Balaban J connectivity index is 2.16. The second-order valence-corrected chi connectivity index (χ2v) is 4.99. The van der Waals surface area contributed by atoms with Gasteiger partial charge in [0, 0.05) is 17.9 Å². The molecule has 0 aromatic carbocycles. The Morgan fingerprint density at radius 2 is 2.00 bits per heavy atom. The van der Waals surface area contributed by atoms with Crippen LogP contribution >= 0.6 is 15.9 Å². The molecular weight excluding hydrogens is 216 g/mol. The molecule has 0 radical (unpaired) electrons. The van der Waals surface area contributed by atoms with Crippen LogP contribution in [-0.4, -0.2) is 18.0 Å². The third kappa shape index (κ3) is 1.47. The van der Waals surface area contributed by atoms with Gasteiger partial charge in [-0.2, -0.15) is 0 Å². The quantitative estimate of drug-likeness (QED) is 0.498. The van der Waals surface area contributed by atoms with Gasteiger partial charge in [-0.1, -0.05) is 28.1 Å². The third-order valence-electron chi connectivity index (χ3n) is 3.13. The summed E-state index contributed by atoms with van der Waals surface area (Å²) < 4.78 is 5.48. The van der Waals surface area contributed by atoms with Gasteiger partial charge in [0.2, 0.25) is 0 Å². The van der Waals surface area contributed by atoms with Crippen molar-refractivity contribution in [2.45, 2.75) is 30.2 Å². The fraction of sp³-hybridized carbons (Fsp3) is 0.800. The van der Waals surface area contributed by atoms with Crippen LogP contribution in [0.2, 0.25) is 0 Å². The van der Waals surface area contributed by atoms with Crippen molar-refractivity contribution < 1.29 is 4.74 Å². The molecule has 3 rings (SSSR count). The Labute approximate surface area is 82.3 Å². The van der Waals surface area contributed by atoms with Crippen LogP contribution in [-0.2, 0) is 4.74 Å². The molecule has 0 aromatic rings. The minimum absolute atomic E-state index is 0.475. The Hall–Kier alpha value is 0.180. The zero-order chi connectivity index (χ0) is 8.55. The molecule has 2 heteroatoms. The van der Waals surface area contributed by atoms with Gasteiger partial charge in [-0.05, 0) is 25.2 Å². The number of allylic oxidation sites excluding steroid dienone is 1. The Morgan fingerprint density at radius 1 is 1.25 bits per heavy atom. The minimum atomic E-state index is 0.475. The van der Waals surface area contributed by atoms with Gasteiger partial charge in [-0.3, -0.25) is 0 Å². The van der Waals surface area contributed by atoms with E-state index in [1.165, 1.54) is 19.3 Å². The van der Waals surface area contributed by atoms with Gasteiger partial charge in [0.15, 0.2) is 0 Å². The number of alkyl halides is 1. The Bertz CT molecular complexity index is 190. The van der Waals surface area contributed by atoms with Gasteiger partial charge >= 0.3 is 0 Å². The van der Waals surface area contributed by atoms with E-state index in [2.05, 4.69) is 28.1 Å². The van der Waals surface area contributed by atoms with Gasteiger partial charge in [-0.25, -0.2) is 0 Å². The first kappa shape index (κ1) is 8.76. The van der Waals surface area contributed by atoms with Crippen molar-refractivity contribution in [2.24, 2.45) is 11.8 Å². The van der Waals surface area contributed by atoms with Gasteiger partial charge in [0.1, 0.15) is 0 Å². The van der Waals surface area contributed by atoms with Crippen molar-refractivity contribution in [1.82, 2.24) is 0 Å². The van der Waals surface area contributed by atoms with Crippen LogP contribution in [0.5, 0.6) is 0 Å². The third-order valence-corrected chi connectivity index (χ3v) is 4.27. The van der Waals surface area contributed by atoms with Crippen LogP contribution in [0.4, 0.5) is 0 Å². The summed E-state index contributed by atoms with van der Waals surface area (Å²) in [6.45, 7) is 0. The highest BCUT2D eigenvalue weighted by atomic mass is 79.9. The lowest BCUT2D eigenvalue weighted by Gasteiger charge is -2.27. The average molecular weight is 231 g/mol. The van der Waals surface area contributed by atoms with Crippen molar-refractivity contribution in [3.8, 4) is 0 Å². The molecule has 0 amide bonds. The SMILES string of the molecule is COC1C[C@H]2C=C[C@@H]1CC[C@H]2Br. The topological polar surface area (TPSA) is 9.23 Å². The normalized spacial score (nSPS) is 46.2. The minimum Gasteiger partial charge on any atom is -0.381 e. The molecule has 0 saturated heterocycles. The van der Waals surface area contributed by atoms with E-state index in [-0.39, 0.29) is 0 Å². The van der Waals surface area contributed by atoms with Crippen LogP contribution < -0.4 is 0 Å². The second-order valence-electron chi connectivity index (χ2n) is 3.82. The van der Waals surface area contributed by atoms with E-state index in [1.54, 1.807) is 0 Å². The van der Waals surface area contributed by atoms with Crippen molar-refractivity contribution in [3.05, 3.63) is 12.2 Å². The maximum atomic E-state index is 5.48. The lowest BCUT2D eigenvalue weighted by atomic mass is 9.88. The summed E-state index contributed by atoms with van der Waals surface area (Å²) in [5, 5.41) is 0. The van der Waals surface area contributed by atoms with Crippen LogP contribution in [0.25, 0.3) is 0 Å². The largest absolute Gasteiger partial charge is 0.381 e. The van der Waals surface area contributed by atoms with E-state index in [1.807, 2.05) is 7.11 Å². The molecule has 0 N–H and O–H groups in total. The number of hydrogen-bond acceptors (Lipinski definition) is 1. The molecule has 1 fully saturated rings. The monoisotopic (exact) mass is 230 g/mol. The van der Waals surface area contributed by atoms with E-state index in [9.17, 15) is 0 Å². The maximum absolute atomic E-state index is 5.48. The molecule has 0 aliphatic heterocycles. The summed E-state index contributed by atoms with van der Waals surface area (Å²) in [5.74, 6) is 1.38. The van der Waals surface area contributed by atoms with Gasteiger partial charge in [0.05, 0.1) is 6.10 Å². The lowest BCUT2D eigenvalue weighted by Crippen LogP contribution is -2.26. The summed E-state index contributed by atoms with van der Waals surface area (Å²) in [6, 6.07) is 0. The number of methoxy groups -OCH3 is 1. The summed E-state index contributed by atoms with van der Waals surface area (Å²) in [5.41, 5.74) is 0. The molecule has 1 unspecified atom stereocenters. The molecule has 3 aliphatic rings. The van der Waals surface area contributed by atoms with E-state index >= 15 is 0 Å². The highest BCUT2D eigenvalue weighted by Crippen LogP contribution is 2.38. The number of halogens is 1. The average Bonchev–Trinajstić information content (AvgIpc) is 2.37. The van der Waals surface area contributed by atoms with Crippen molar-refractivity contribution in [2.75, 3.05) is 7.11 Å². The molecule has 3 aliphatic carbocycles. The molecule has 0 heterocycles. The summed E-state index contributed by atoms with van der Waals surface area (Å²) in [4.78, 5) is 0.680. The van der Waals surface area contributed by atoms with Gasteiger partial charge < -0.3 is 4.74 Å². The zero-order valence-electron chi connectivity index (χ0n) is 7.37. The Morgan fingerprint density at radius 3 is 2.75 bits per heavy atom. The van der Waals surface area contributed by atoms with E-state index in [0.29, 0.717) is 22.8 Å².